The quantitative estimate of drug-likeness (QED) is 0.294. The van der Waals surface area contributed by atoms with E-state index in [-0.39, 0.29) is 23.3 Å². The summed E-state index contributed by atoms with van der Waals surface area (Å²) in [4.78, 5) is 34.6. The summed E-state index contributed by atoms with van der Waals surface area (Å²) in [5.41, 5.74) is 5.52. The fourth-order valence-corrected chi connectivity index (χ4v) is 7.13. The Labute approximate surface area is 260 Å². The highest BCUT2D eigenvalue weighted by Gasteiger charge is 2.21. The van der Waals surface area contributed by atoms with E-state index >= 15 is 0 Å². The monoisotopic (exact) mass is 631 g/mol. The van der Waals surface area contributed by atoms with Crippen LogP contribution in [0.4, 0.5) is 17.1 Å². The third-order valence-electron chi connectivity index (χ3n) is 7.70. The number of thiazole rings is 1. The fraction of sp³-hybridized carbons (Fsp3) is 0.281. The Kier molecular flexibility index (Phi) is 9.03. The van der Waals surface area contributed by atoms with Crippen molar-refractivity contribution in [3.05, 3.63) is 94.3 Å². The molecule has 228 valence electrons. The molecule has 3 aromatic carbocycles. The van der Waals surface area contributed by atoms with E-state index in [2.05, 4.69) is 25.4 Å². The van der Waals surface area contributed by atoms with E-state index in [4.69, 9.17) is 4.74 Å². The molecule has 2 aliphatic heterocycles. The number of carbonyl (C=O) groups excluding carboxylic acids is 2. The number of nitrogens with zero attached hydrogens (tertiary/aromatic N) is 3. The van der Waals surface area contributed by atoms with Crippen molar-refractivity contribution in [2.24, 2.45) is 0 Å². The van der Waals surface area contributed by atoms with E-state index in [1.165, 1.54) is 11.3 Å². The van der Waals surface area contributed by atoms with Crippen LogP contribution in [0.15, 0.2) is 78.2 Å². The highest BCUT2D eigenvalue weighted by molar-refractivity contribution is 7.91. The smallest absolute Gasteiger partial charge is 0.284 e. The Bertz CT molecular complexity index is 1700. The van der Waals surface area contributed by atoms with Crippen LogP contribution in [0.3, 0.4) is 0 Å². The predicted octanol–water partition coefficient (Wildman–Crippen LogP) is 4.38. The highest BCUT2D eigenvalue weighted by Crippen LogP contribution is 2.24. The number of benzene rings is 3. The van der Waals surface area contributed by atoms with Crippen LogP contribution in [-0.4, -0.2) is 81.0 Å². The van der Waals surface area contributed by atoms with Crippen LogP contribution in [0.5, 0.6) is 0 Å². The molecular formula is C32H33N5O5S2. The first-order valence-corrected chi connectivity index (χ1v) is 17.1. The molecule has 2 fully saturated rings. The Morgan fingerprint density at radius 2 is 1.41 bits per heavy atom. The minimum absolute atomic E-state index is 0.196. The maximum atomic E-state index is 12.9. The van der Waals surface area contributed by atoms with Gasteiger partial charge in [0.05, 0.1) is 30.4 Å². The number of rotatable bonds is 8. The van der Waals surface area contributed by atoms with Crippen LogP contribution in [0.2, 0.25) is 0 Å². The molecule has 44 heavy (non-hydrogen) atoms. The largest absolute Gasteiger partial charge is 0.378 e. The Morgan fingerprint density at radius 3 is 2.07 bits per heavy atom. The molecule has 10 nitrogen and oxygen atoms in total. The Hall–Kier alpha value is -4.10. The summed E-state index contributed by atoms with van der Waals surface area (Å²) in [7, 11) is -2.90. The first-order chi connectivity index (χ1) is 21.3. The van der Waals surface area contributed by atoms with Gasteiger partial charge in [-0.05, 0) is 54.1 Å². The number of carbonyl (C=O) groups is 2. The van der Waals surface area contributed by atoms with Crippen LogP contribution in [-0.2, 0) is 21.1 Å². The minimum atomic E-state index is -2.90. The fourth-order valence-electron chi connectivity index (χ4n) is 5.13. The van der Waals surface area contributed by atoms with Gasteiger partial charge in [-0.15, -0.1) is 11.3 Å². The molecule has 0 spiro atoms. The highest BCUT2D eigenvalue weighted by atomic mass is 32.2. The third-order valence-corrected chi connectivity index (χ3v) is 10.1. The van der Waals surface area contributed by atoms with Gasteiger partial charge in [0.1, 0.15) is 0 Å². The summed E-state index contributed by atoms with van der Waals surface area (Å²) in [6.45, 7) is 4.89. The molecule has 2 N–H and O–H groups in total. The van der Waals surface area contributed by atoms with Crippen molar-refractivity contribution >= 4 is 50.1 Å². The van der Waals surface area contributed by atoms with E-state index in [9.17, 15) is 18.0 Å². The van der Waals surface area contributed by atoms with Crippen molar-refractivity contribution in [2.45, 2.75) is 6.54 Å². The lowest BCUT2D eigenvalue weighted by atomic mass is 10.1. The van der Waals surface area contributed by atoms with Gasteiger partial charge in [0.15, 0.2) is 14.8 Å². The van der Waals surface area contributed by atoms with Gasteiger partial charge in [-0.2, -0.15) is 0 Å². The summed E-state index contributed by atoms with van der Waals surface area (Å²) < 4.78 is 28.7. The van der Waals surface area contributed by atoms with Crippen molar-refractivity contribution in [2.75, 3.05) is 66.4 Å². The number of hydrogen-bond acceptors (Lipinski definition) is 9. The molecule has 4 aromatic rings. The minimum Gasteiger partial charge on any atom is -0.378 e. The first-order valence-electron chi connectivity index (χ1n) is 14.4. The second-order valence-electron chi connectivity index (χ2n) is 10.8. The second-order valence-corrected chi connectivity index (χ2v) is 14.0. The number of ether oxygens (including phenoxy) is 1. The number of hydrogen-bond donors (Lipinski definition) is 2. The number of aromatic nitrogens is 1. The molecular weight excluding hydrogens is 599 g/mol. The van der Waals surface area contributed by atoms with Crippen molar-refractivity contribution < 1.29 is 22.7 Å². The summed E-state index contributed by atoms with van der Waals surface area (Å²) >= 11 is 1.25. The topological polar surface area (TPSA) is 121 Å². The second kappa shape index (κ2) is 13.3. The standard InChI is InChI=1S/C32H33N5O5S2/c38-30(33-27-9-11-28(12-10-27)37-13-17-42-18-14-37)25-5-3-24(4-6-25)29-22-43-32(35-29)31(39)34-26-7-1-23(2-8-26)21-36-15-19-44(40,41)20-16-36/h1-12,22H,13-21H2,(H,33,38)(H,34,39). The molecule has 1 aromatic heterocycles. The summed E-state index contributed by atoms with van der Waals surface area (Å²) in [6.07, 6.45) is 0. The van der Waals surface area contributed by atoms with E-state index in [0.29, 0.717) is 41.6 Å². The van der Waals surface area contributed by atoms with Gasteiger partial charge >= 0.3 is 0 Å². The lowest BCUT2D eigenvalue weighted by Crippen LogP contribution is -2.39. The number of morpholine rings is 1. The molecule has 2 aliphatic rings. The van der Waals surface area contributed by atoms with Gasteiger partial charge in [-0.3, -0.25) is 14.5 Å². The van der Waals surface area contributed by atoms with Gasteiger partial charge < -0.3 is 20.3 Å². The van der Waals surface area contributed by atoms with Gasteiger partial charge in [0, 0.05) is 66.3 Å². The van der Waals surface area contributed by atoms with Gasteiger partial charge in [-0.1, -0.05) is 24.3 Å². The van der Waals surface area contributed by atoms with E-state index in [1.54, 1.807) is 12.1 Å². The maximum absolute atomic E-state index is 12.9. The zero-order valence-corrected chi connectivity index (χ0v) is 25.7. The zero-order chi connectivity index (χ0) is 30.5. The summed E-state index contributed by atoms with van der Waals surface area (Å²) in [5, 5.41) is 7.99. The average molecular weight is 632 g/mol. The van der Waals surface area contributed by atoms with Gasteiger partial charge in [-0.25, -0.2) is 13.4 Å². The zero-order valence-electron chi connectivity index (χ0n) is 24.1. The molecule has 12 heteroatoms. The van der Waals surface area contributed by atoms with Crippen molar-refractivity contribution in [3.8, 4) is 11.3 Å². The predicted molar refractivity (Wildman–Crippen MR) is 173 cm³/mol. The van der Waals surface area contributed by atoms with E-state index < -0.39 is 9.84 Å². The van der Waals surface area contributed by atoms with Gasteiger partial charge in [0.2, 0.25) is 0 Å². The van der Waals surface area contributed by atoms with Crippen LogP contribution < -0.4 is 15.5 Å². The van der Waals surface area contributed by atoms with Crippen molar-refractivity contribution in [1.82, 2.24) is 9.88 Å². The normalized spacial score (nSPS) is 16.8. The maximum Gasteiger partial charge on any atom is 0.284 e. The molecule has 0 saturated carbocycles. The molecule has 6 rings (SSSR count). The first kappa shape index (κ1) is 29.9. The van der Waals surface area contributed by atoms with Gasteiger partial charge in [0.25, 0.3) is 11.8 Å². The molecule has 0 radical (unpaired) electrons. The lowest BCUT2D eigenvalue weighted by Gasteiger charge is -2.28. The summed E-state index contributed by atoms with van der Waals surface area (Å²) in [5.74, 6) is -0.113. The molecule has 0 atom stereocenters. The third kappa shape index (κ3) is 7.51. The molecule has 2 amide bonds. The number of anilines is 3. The SMILES string of the molecule is O=C(Nc1ccc(N2CCOCC2)cc1)c1ccc(-c2csc(C(=O)Nc3ccc(CN4CCS(=O)(=O)CC4)cc3)n2)cc1. The van der Waals surface area contributed by atoms with E-state index in [0.717, 1.165) is 48.8 Å². The van der Waals surface area contributed by atoms with Crippen LogP contribution >= 0.6 is 11.3 Å². The molecule has 0 unspecified atom stereocenters. The number of nitrogens with one attached hydrogen (secondary N) is 2. The van der Waals surface area contributed by atoms with Crippen molar-refractivity contribution in [3.63, 3.8) is 0 Å². The molecule has 0 aliphatic carbocycles. The van der Waals surface area contributed by atoms with Crippen LogP contribution in [0.1, 0.15) is 25.7 Å². The average Bonchev–Trinajstić information content (AvgIpc) is 3.55. The molecule has 3 heterocycles. The number of sulfone groups is 1. The Morgan fingerprint density at radius 1 is 0.795 bits per heavy atom. The van der Waals surface area contributed by atoms with Crippen LogP contribution in [0, 0.1) is 0 Å². The summed E-state index contributed by atoms with van der Waals surface area (Å²) in [6, 6.07) is 22.5. The lowest BCUT2D eigenvalue weighted by molar-refractivity contribution is 0.101. The van der Waals surface area contributed by atoms with Crippen LogP contribution in [0.25, 0.3) is 11.3 Å². The van der Waals surface area contributed by atoms with E-state index in [1.807, 2.05) is 66.0 Å². The molecule has 2 saturated heterocycles. The number of amides is 2. The van der Waals surface area contributed by atoms with Crippen molar-refractivity contribution in [1.29, 1.82) is 0 Å². The Balaban J connectivity index is 1.01. The molecule has 0 bridgehead atoms.